The van der Waals surface area contributed by atoms with Crippen LogP contribution in [0.15, 0.2) is 0 Å². The monoisotopic (exact) mass is 109 g/mol. The molecule has 8 heavy (non-hydrogen) atoms. The van der Waals surface area contributed by atoms with E-state index in [-0.39, 0.29) is 0 Å². The van der Waals surface area contributed by atoms with Crippen molar-refractivity contribution in [1.82, 2.24) is 4.90 Å². The van der Waals surface area contributed by atoms with Gasteiger partial charge in [-0.3, -0.25) is 4.90 Å². The van der Waals surface area contributed by atoms with E-state index >= 15 is 0 Å². The van der Waals surface area contributed by atoms with Crippen LogP contribution in [0.3, 0.4) is 0 Å². The Labute approximate surface area is 49.7 Å². The molecule has 0 aromatic carbocycles. The van der Waals surface area contributed by atoms with E-state index in [9.17, 15) is 0 Å². The molecule has 1 aliphatic rings. The van der Waals surface area contributed by atoms with Crippen molar-refractivity contribution in [2.75, 3.05) is 13.1 Å². The maximum Gasteiger partial charge on any atom is 0.127 e. The first-order valence-corrected chi connectivity index (χ1v) is 2.90. The Hall–Kier alpha value is -0.550. The van der Waals surface area contributed by atoms with Crippen LogP contribution in [-0.2, 0) is 0 Å². The van der Waals surface area contributed by atoms with Crippen LogP contribution < -0.4 is 0 Å². The first kappa shape index (κ1) is 5.58. The van der Waals surface area contributed by atoms with Crippen LogP contribution in [0.25, 0.3) is 0 Å². The molecule has 2 heteroatoms. The summed E-state index contributed by atoms with van der Waals surface area (Å²) >= 11 is 0. The minimum absolute atomic E-state index is 1.08. The Morgan fingerprint density at radius 1 is 1.38 bits per heavy atom. The highest BCUT2D eigenvalue weighted by atomic mass is 15.1. The van der Waals surface area contributed by atoms with Crippen molar-refractivity contribution in [3.8, 4) is 6.07 Å². The number of nitriles is 1. The average molecular weight is 109 g/mol. The van der Waals surface area contributed by atoms with E-state index in [1.54, 1.807) is 6.54 Å². The lowest BCUT2D eigenvalue weighted by Gasteiger charge is -2.05. The molecule has 0 N–H and O–H groups in total. The van der Waals surface area contributed by atoms with E-state index in [2.05, 4.69) is 4.90 Å². The molecule has 0 saturated carbocycles. The Kier molecular flexibility index (Phi) is 1.87. The van der Waals surface area contributed by atoms with Crippen molar-refractivity contribution in [2.24, 2.45) is 0 Å². The van der Waals surface area contributed by atoms with Gasteiger partial charge in [-0.15, -0.1) is 0 Å². The highest BCUT2D eigenvalue weighted by molar-refractivity contribution is 4.92. The molecule has 1 fully saturated rings. The topological polar surface area (TPSA) is 27.0 Å². The summed E-state index contributed by atoms with van der Waals surface area (Å²) in [5, 5.41) is 8.18. The van der Waals surface area contributed by atoms with Gasteiger partial charge in [-0.2, -0.15) is 5.26 Å². The Morgan fingerprint density at radius 3 is 2.50 bits per heavy atom. The number of likely N-dealkylation sites (tertiary alicyclic amines) is 1. The van der Waals surface area contributed by atoms with Gasteiger partial charge in [0.2, 0.25) is 0 Å². The van der Waals surface area contributed by atoms with E-state index in [0.29, 0.717) is 0 Å². The maximum atomic E-state index is 8.18. The van der Waals surface area contributed by atoms with Crippen LogP contribution in [0.1, 0.15) is 12.8 Å². The standard InChI is InChI=1S/C6H9N2/c7-3-6-8-4-1-2-5-8/h6H,1-2,4-5H2. The third kappa shape index (κ3) is 1.21. The van der Waals surface area contributed by atoms with Gasteiger partial charge in [0, 0.05) is 0 Å². The maximum absolute atomic E-state index is 8.18. The number of hydrogen-bond acceptors (Lipinski definition) is 2. The Balaban J connectivity index is 2.17. The molecule has 0 amide bonds. The van der Waals surface area contributed by atoms with Gasteiger partial charge in [-0.25, -0.2) is 0 Å². The van der Waals surface area contributed by atoms with E-state index < -0.39 is 0 Å². The zero-order valence-corrected chi connectivity index (χ0v) is 4.80. The zero-order valence-electron chi connectivity index (χ0n) is 4.80. The van der Waals surface area contributed by atoms with Crippen molar-refractivity contribution in [3.05, 3.63) is 6.54 Å². The van der Waals surface area contributed by atoms with Gasteiger partial charge in [-0.05, 0) is 25.9 Å². The summed E-state index contributed by atoms with van der Waals surface area (Å²) in [5.41, 5.74) is 0. The summed E-state index contributed by atoms with van der Waals surface area (Å²) < 4.78 is 0. The van der Waals surface area contributed by atoms with Gasteiger partial charge < -0.3 is 0 Å². The Bertz CT molecular complexity index is 97.6. The molecule has 0 atom stereocenters. The third-order valence-electron chi connectivity index (χ3n) is 1.38. The predicted octanol–water partition coefficient (Wildman–Crippen LogP) is 0.768. The highest BCUT2D eigenvalue weighted by Crippen LogP contribution is 2.07. The summed E-state index contributed by atoms with van der Waals surface area (Å²) in [7, 11) is 0. The van der Waals surface area contributed by atoms with Crippen molar-refractivity contribution in [3.63, 3.8) is 0 Å². The number of nitrogens with zero attached hydrogens (tertiary/aromatic N) is 2. The molecule has 43 valence electrons. The molecule has 1 aliphatic heterocycles. The minimum Gasteiger partial charge on any atom is -0.286 e. The smallest absolute Gasteiger partial charge is 0.127 e. The molecular formula is C6H9N2. The Morgan fingerprint density at radius 2 is 2.00 bits per heavy atom. The SMILES string of the molecule is N#C[CH]N1CCCC1. The van der Waals surface area contributed by atoms with E-state index in [1.165, 1.54) is 12.8 Å². The summed E-state index contributed by atoms with van der Waals surface area (Å²) in [6.45, 7) is 3.76. The molecule has 0 aromatic rings. The predicted molar refractivity (Wildman–Crippen MR) is 30.7 cm³/mol. The fourth-order valence-electron chi connectivity index (χ4n) is 0.952. The largest absolute Gasteiger partial charge is 0.286 e. The quantitative estimate of drug-likeness (QED) is 0.497. The van der Waals surface area contributed by atoms with Gasteiger partial charge in [0.25, 0.3) is 0 Å². The minimum atomic E-state index is 1.08. The summed E-state index contributed by atoms with van der Waals surface area (Å²) in [6.07, 6.45) is 2.50. The van der Waals surface area contributed by atoms with Gasteiger partial charge >= 0.3 is 0 Å². The molecule has 0 unspecified atom stereocenters. The van der Waals surface area contributed by atoms with Gasteiger partial charge in [-0.1, -0.05) is 0 Å². The molecule has 1 saturated heterocycles. The van der Waals surface area contributed by atoms with Crippen LogP contribution in [0.5, 0.6) is 0 Å². The summed E-state index contributed by atoms with van der Waals surface area (Å²) in [6, 6.07) is 2.01. The molecule has 2 nitrogen and oxygen atoms in total. The molecule has 0 aliphatic carbocycles. The third-order valence-corrected chi connectivity index (χ3v) is 1.38. The average Bonchev–Trinajstić information content (AvgIpc) is 2.19. The fourth-order valence-corrected chi connectivity index (χ4v) is 0.952. The summed E-state index contributed by atoms with van der Waals surface area (Å²) in [4.78, 5) is 2.06. The van der Waals surface area contributed by atoms with Crippen LogP contribution in [0, 0.1) is 17.9 Å². The van der Waals surface area contributed by atoms with Crippen molar-refractivity contribution < 1.29 is 0 Å². The highest BCUT2D eigenvalue weighted by Gasteiger charge is 2.09. The fraction of sp³-hybridized carbons (Fsp3) is 0.667. The van der Waals surface area contributed by atoms with Crippen LogP contribution >= 0.6 is 0 Å². The molecule has 1 heterocycles. The molecule has 1 radical (unpaired) electrons. The number of rotatable bonds is 1. The first-order chi connectivity index (χ1) is 3.93. The molecule has 0 bridgehead atoms. The van der Waals surface area contributed by atoms with Gasteiger partial charge in [0.1, 0.15) is 6.54 Å². The van der Waals surface area contributed by atoms with Crippen molar-refractivity contribution in [2.45, 2.75) is 12.8 Å². The lowest BCUT2D eigenvalue weighted by molar-refractivity contribution is 0.435. The van der Waals surface area contributed by atoms with Crippen molar-refractivity contribution >= 4 is 0 Å². The lowest BCUT2D eigenvalue weighted by Crippen LogP contribution is -2.13. The second-order valence-electron chi connectivity index (χ2n) is 2.00. The van der Waals surface area contributed by atoms with Crippen LogP contribution in [0.2, 0.25) is 0 Å². The van der Waals surface area contributed by atoms with Gasteiger partial charge in [0.05, 0.1) is 6.07 Å². The second-order valence-corrected chi connectivity index (χ2v) is 2.00. The zero-order chi connectivity index (χ0) is 5.82. The van der Waals surface area contributed by atoms with E-state index in [1.807, 2.05) is 6.07 Å². The molecule has 1 rings (SSSR count). The van der Waals surface area contributed by atoms with Gasteiger partial charge in [0.15, 0.2) is 0 Å². The summed E-state index contributed by atoms with van der Waals surface area (Å²) in [5.74, 6) is 0. The molecule has 0 spiro atoms. The molecular weight excluding hydrogens is 100 g/mol. The van der Waals surface area contributed by atoms with E-state index in [4.69, 9.17) is 5.26 Å². The lowest BCUT2D eigenvalue weighted by atomic mass is 10.4. The van der Waals surface area contributed by atoms with Crippen LogP contribution in [0.4, 0.5) is 0 Å². The van der Waals surface area contributed by atoms with Crippen molar-refractivity contribution in [1.29, 1.82) is 5.26 Å². The number of hydrogen-bond donors (Lipinski definition) is 0. The van der Waals surface area contributed by atoms with E-state index in [0.717, 1.165) is 13.1 Å². The second kappa shape index (κ2) is 2.68. The normalized spacial score (nSPS) is 20.9. The van der Waals surface area contributed by atoms with Crippen LogP contribution in [-0.4, -0.2) is 18.0 Å². The molecule has 0 aromatic heterocycles. The first-order valence-electron chi connectivity index (χ1n) is 2.90.